The molecule has 0 saturated carbocycles. The molecule has 0 aliphatic heterocycles. The second kappa shape index (κ2) is 4.08. The normalized spacial score (nSPS) is 12.8. The molecule has 0 saturated heterocycles. The Hall–Kier alpha value is -1.31. The first-order valence-corrected chi connectivity index (χ1v) is 4.38. The number of hydrogen-bond donors (Lipinski definition) is 0. The Morgan fingerprint density at radius 1 is 1.23 bits per heavy atom. The number of benzene rings is 1. The Bertz CT molecular complexity index is 277. The van der Waals surface area contributed by atoms with Gasteiger partial charge in [0, 0.05) is 11.9 Å². The van der Waals surface area contributed by atoms with E-state index in [0.717, 1.165) is 5.56 Å². The smallest absolute Gasteiger partial charge is 0.0491 e. The number of carbonyl (C=O) groups is 1. The highest BCUT2D eigenvalue weighted by molar-refractivity contribution is 5.74. The molecular formula is C11H13O2-. The van der Waals surface area contributed by atoms with Gasteiger partial charge in [-0.05, 0) is 11.5 Å². The SMILES string of the molecule is CC(C)[C@H](C(=O)[O-])c1ccccc1. The highest BCUT2D eigenvalue weighted by atomic mass is 16.4. The molecule has 2 heteroatoms. The van der Waals surface area contributed by atoms with E-state index >= 15 is 0 Å². The van der Waals surface area contributed by atoms with Crippen LogP contribution in [0.15, 0.2) is 30.3 Å². The van der Waals surface area contributed by atoms with Crippen molar-refractivity contribution in [3.05, 3.63) is 35.9 Å². The summed E-state index contributed by atoms with van der Waals surface area (Å²) in [5, 5.41) is 10.8. The number of aliphatic carboxylic acids is 1. The van der Waals surface area contributed by atoms with Crippen molar-refractivity contribution in [1.82, 2.24) is 0 Å². The van der Waals surface area contributed by atoms with Gasteiger partial charge in [0.15, 0.2) is 0 Å². The molecule has 0 amide bonds. The summed E-state index contributed by atoms with van der Waals surface area (Å²) in [6.45, 7) is 3.76. The van der Waals surface area contributed by atoms with E-state index in [2.05, 4.69) is 0 Å². The number of hydrogen-bond acceptors (Lipinski definition) is 2. The van der Waals surface area contributed by atoms with Crippen LogP contribution >= 0.6 is 0 Å². The van der Waals surface area contributed by atoms with Gasteiger partial charge in [-0.25, -0.2) is 0 Å². The molecule has 0 aliphatic rings. The van der Waals surface area contributed by atoms with Gasteiger partial charge in [-0.2, -0.15) is 0 Å². The molecule has 0 aromatic heterocycles. The van der Waals surface area contributed by atoms with Crippen LogP contribution in [0, 0.1) is 5.92 Å². The third-order valence-electron chi connectivity index (χ3n) is 2.08. The summed E-state index contributed by atoms with van der Waals surface area (Å²) in [5.41, 5.74) is 0.817. The van der Waals surface area contributed by atoms with Crippen molar-refractivity contribution in [2.75, 3.05) is 0 Å². The maximum atomic E-state index is 10.8. The first-order chi connectivity index (χ1) is 6.13. The van der Waals surface area contributed by atoms with Crippen LogP contribution in [0.3, 0.4) is 0 Å². The Labute approximate surface area is 78.2 Å². The van der Waals surface area contributed by atoms with Gasteiger partial charge >= 0.3 is 0 Å². The predicted octanol–water partition coefficient (Wildman–Crippen LogP) is 1.18. The minimum atomic E-state index is -0.999. The highest BCUT2D eigenvalue weighted by Crippen LogP contribution is 2.23. The van der Waals surface area contributed by atoms with Crippen molar-refractivity contribution in [3.8, 4) is 0 Å². The van der Waals surface area contributed by atoms with Crippen LogP contribution in [0.1, 0.15) is 25.3 Å². The maximum Gasteiger partial charge on any atom is 0.0491 e. The fourth-order valence-corrected chi connectivity index (χ4v) is 1.45. The van der Waals surface area contributed by atoms with Gasteiger partial charge in [0.2, 0.25) is 0 Å². The predicted molar refractivity (Wildman–Crippen MR) is 49.0 cm³/mol. The minimum absolute atomic E-state index is 0.0624. The molecule has 1 rings (SSSR count). The van der Waals surface area contributed by atoms with Crippen LogP contribution < -0.4 is 5.11 Å². The summed E-state index contributed by atoms with van der Waals surface area (Å²) in [5.74, 6) is -1.44. The average molecular weight is 177 g/mol. The molecule has 13 heavy (non-hydrogen) atoms. The molecule has 0 N–H and O–H groups in total. The third kappa shape index (κ3) is 2.31. The quantitative estimate of drug-likeness (QED) is 0.695. The first-order valence-electron chi connectivity index (χ1n) is 4.38. The number of carboxylic acid groups (broad SMARTS) is 1. The average Bonchev–Trinajstić information content (AvgIpc) is 2.04. The van der Waals surface area contributed by atoms with E-state index in [4.69, 9.17) is 0 Å². The van der Waals surface area contributed by atoms with Crippen molar-refractivity contribution < 1.29 is 9.90 Å². The summed E-state index contributed by atoms with van der Waals surface area (Å²) in [6, 6.07) is 9.19. The Morgan fingerprint density at radius 2 is 1.77 bits per heavy atom. The monoisotopic (exact) mass is 177 g/mol. The zero-order chi connectivity index (χ0) is 9.84. The molecule has 70 valence electrons. The summed E-state index contributed by atoms with van der Waals surface area (Å²) in [4.78, 5) is 10.8. The molecule has 1 aromatic rings. The minimum Gasteiger partial charge on any atom is -0.549 e. The molecule has 1 aromatic carbocycles. The van der Waals surface area contributed by atoms with Crippen molar-refractivity contribution in [2.24, 2.45) is 5.92 Å². The van der Waals surface area contributed by atoms with E-state index < -0.39 is 11.9 Å². The van der Waals surface area contributed by atoms with Crippen LogP contribution in [0.2, 0.25) is 0 Å². The van der Waals surface area contributed by atoms with Gasteiger partial charge in [0.1, 0.15) is 0 Å². The van der Waals surface area contributed by atoms with E-state index in [1.165, 1.54) is 0 Å². The van der Waals surface area contributed by atoms with E-state index in [9.17, 15) is 9.90 Å². The van der Waals surface area contributed by atoms with Gasteiger partial charge in [0.25, 0.3) is 0 Å². The van der Waals surface area contributed by atoms with Crippen LogP contribution in [0.5, 0.6) is 0 Å². The van der Waals surface area contributed by atoms with Gasteiger partial charge in [-0.1, -0.05) is 44.2 Å². The van der Waals surface area contributed by atoms with Crippen molar-refractivity contribution in [1.29, 1.82) is 0 Å². The molecule has 0 radical (unpaired) electrons. The number of carboxylic acids is 1. The van der Waals surface area contributed by atoms with Gasteiger partial charge < -0.3 is 9.90 Å². The molecule has 0 spiro atoms. The molecular weight excluding hydrogens is 164 g/mol. The molecule has 0 heterocycles. The van der Waals surface area contributed by atoms with Gasteiger partial charge in [-0.3, -0.25) is 0 Å². The van der Waals surface area contributed by atoms with Crippen LogP contribution in [-0.4, -0.2) is 5.97 Å². The van der Waals surface area contributed by atoms with E-state index in [1.54, 1.807) is 0 Å². The zero-order valence-corrected chi connectivity index (χ0v) is 7.86. The van der Waals surface area contributed by atoms with E-state index in [0.29, 0.717) is 0 Å². The Morgan fingerprint density at radius 3 is 2.15 bits per heavy atom. The molecule has 0 unspecified atom stereocenters. The maximum absolute atomic E-state index is 10.8. The number of rotatable bonds is 3. The fourth-order valence-electron chi connectivity index (χ4n) is 1.45. The summed E-state index contributed by atoms with van der Waals surface area (Å²) in [7, 11) is 0. The summed E-state index contributed by atoms with van der Waals surface area (Å²) >= 11 is 0. The van der Waals surface area contributed by atoms with Gasteiger partial charge in [0.05, 0.1) is 0 Å². The second-order valence-electron chi connectivity index (χ2n) is 3.45. The van der Waals surface area contributed by atoms with Crippen LogP contribution in [0.25, 0.3) is 0 Å². The van der Waals surface area contributed by atoms with Crippen molar-refractivity contribution in [3.63, 3.8) is 0 Å². The Kier molecular flexibility index (Phi) is 3.07. The van der Waals surface area contributed by atoms with E-state index in [1.807, 2.05) is 44.2 Å². The molecule has 2 nitrogen and oxygen atoms in total. The molecule has 0 fully saturated rings. The topological polar surface area (TPSA) is 40.1 Å². The lowest BCUT2D eigenvalue weighted by Gasteiger charge is -2.22. The van der Waals surface area contributed by atoms with Crippen molar-refractivity contribution >= 4 is 5.97 Å². The zero-order valence-electron chi connectivity index (χ0n) is 7.86. The standard InChI is InChI=1S/C11H14O2/c1-8(2)10(11(12)13)9-6-4-3-5-7-9/h3-8,10H,1-2H3,(H,12,13)/p-1/t10-/m0/s1. The lowest BCUT2D eigenvalue weighted by molar-refractivity contribution is -0.309. The molecule has 1 atom stereocenters. The molecule has 0 bridgehead atoms. The second-order valence-corrected chi connectivity index (χ2v) is 3.45. The summed E-state index contributed by atoms with van der Waals surface area (Å²) < 4.78 is 0. The highest BCUT2D eigenvalue weighted by Gasteiger charge is 2.15. The van der Waals surface area contributed by atoms with Crippen molar-refractivity contribution in [2.45, 2.75) is 19.8 Å². The van der Waals surface area contributed by atoms with Gasteiger partial charge in [-0.15, -0.1) is 0 Å². The summed E-state index contributed by atoms with van der Waals surface area (Å²) in [6.07, 6.45) is 0. The number of carbonyl (C=O) groups excluding carboxylic acids is 1. The largest absolute Gasteiger partial charge is 0.549 e. The third-order valence-corrected chi connectivity index (χ3v) is 2.08. The van der Waals surface area contributed by atoms with Crippen LogP contribution in [0.4, 0.5) is 0 Å². The lowest BCUT2D eigenvalue weighted by atomic mass is 9.89. The lowest BCUT2D eigenvalue weighted by Crippen LogP contribution is -2.32. The Balaban J connectivity index is 2.96. The molecule has 0 aliphatic carbocycles. The van der Waals surface area contributed by atoms with E-state index in [-0.39, 0.29) is 5.92 Å². The fraction of sp³-hybridized carbons (Fsp3) is 0.364. The van der Waals surface area contributed by atoms with Crippen LogP contribution in [-0.2, 0) is 4.79 Å². The first kappa shape index (κ1) is 9.78.